The van der Waals surface area contributed by atoms with Gasteiger partial charge in [0.2, 0.25) is 0 Å². The van der Waals surface area contributed by atoms with Crippen molar-refractivity contribution in [2.24, 2.45) is 0 Å². The zero-order chi connectivity index (χ0) is 14.5. The molecule has 5 heteroatoms. The van der Waals surface area contributed by atoms with Crippen LogP contribution in [-0.4, -0.2) is 26.0 Å². The van der Waals surface area contributed by atoms with E-state index in [2.05, 4.69) is 15.5 Å². The van der Waals surface area contributed by atoms with E-state index in [1.54, 1.807) is 18.3 Å². The van der Waals surface area contributed by atoms with Crippen molar-refractivity contribution in [2.45, 2.75) is 0 Å². The van der Waals surface area contributed by atoms with E-state index in [0.29, 0.717) is 11.4 Å². The monoisotopic (exact) mass is 276 g/mol. The van der Waals surface area contributed by atoms with E-state index in [1.165, 1.54) is 10.8 Å². The molecule has 0 aliphatic heterocycles. The Hall–Kier alpha value is -3.08. The molecule has 3 aromatic rings. The van der Waals surface area contributed by atoms with Crippen molar-refractivity contribution in [1.82, 2.24) is 20.2 Å². The molecular weight excluding hydrogens is 264 g/mol. The van der Waals surface area contributed by atoms with Crippen LogP contribution in [0.5, 0.6) is 0 Å². The van der Waals surface area contributed by atoms with Crippen molar-refractivity contribution in [3.8, 4) is 11.4 Å². The molecule has 102 valence electrons. The minimum Gasteiger partial charge on any atom is -0.289 e. The Morgan fingerprint density at radius 3 is 2.33 bits per heavy atom. The lowest BCUT2D eigenvalue weighted by molar-refractivity contribution is 0.104. The molecule has 0 bridgehead atoms. The summed E-state index contributed by atoms with van der Waals surface area (Å²) in [5.74, 6) is 0.498. The van der Waals surface area contributed by atoms with Gasteiger partial charge in [-0.25, -0.2) is 0 Å². The van der Waals surface area contributed by atoms with E-state index in [9.17, 15) is 4.79 Å². The molecule has 5 nitrogen and oxygen atoms in total. The third-order valence-corrected chi connectivity index (χ3v) is 2.95. The maximum absolute atomic E-state index is 12.0. The van der Waals surface area contributed by atoms with Crippen LogP contribution in [0.15, 0.2) is 66.7 Å². The standard InChI is InChI=1S/C16H12N4O/c21-15(13-7-3-1-4-8-13)11-12-20-16(17-18-19-20)14-9-5-2-6-10-14/h1-12H/b12-11-. The number of allylic oxidation sites excluding steroid dienone is 1. The van der Waals surface area contributed by atoms with Crippen LogP contribution in [-0.2, 0) is 0 Å². The fraction of sp³-hybridized carbons (Fsp3) is 0. The van der Waals surface area contributed by atoms with E-state index in [4.69, 9.17) is 0 Å². The van der Waals surface area contributed by atoms with Gasteiger partial charge in [-0.15, -0.1) is 5.10 Å². The third-order valence-electron chi connectivity index (χ3n) is 2.95. The summed E-state index contributed by atoms with van der Waals surface area (Å²) in [4.78, 5) is 12.0. The third kappa shape index (κ3) is 2.92. The van der Waals surface area contributed by atoms with Crippen LogP contribution in [0.25, 0.3) is 17.6 Å². The Morgan fingerprint density at radius 2 is 1.62 bits per heavy atom. The number of benzene rings is 2. The summed E-state index contributed by atoms with van der Waals surface area (Å²) in [6, 6.07) is 18.6. The first-order valence-corrected chi connectivity index (χ1v) is 6.45. The van der Waals surface area contributed by atoms with E-state index >= 15 is 0 Å². The number of nitrogens with zero attached hydrogens (tertiary/aromatic N) is 4. The van der Waals surface area contributed by atoms with Gasteiger partial charge in [0, 0.05) is 23.4 Å². The average molecular weight is 276 g/mol. The van der Waals surface area contributed by atoms with Gasteiger partial charge in [0.15, 0.2) is 11.6 Å². The summed E-state index contributed by atoms with van der Waals surface area (Å²) < 4.78 is 1.48. The van der Waals surface area contributed by atoms with Crippen molar-refractivity contribution < 1.29 is 4.79 Å². The maximum atomic E-state index is 12.0. The predicted molar refractivity (Wildman–Crippen MR) is 79.4 cm³/mol. The summed E-state index contributed by atoms with van der Waals surface area (Å²) in [7, 11) is 0. The zero-order valence-corrected chi connectivity index (χ0v) is 11.1. The van der Waals surface area contributed by atoms with Gasteiger partial charge in [-0.05, 0) is 10.4 Å². The highest BCUT2D eigenvalue weighted by molar-refractivity contribution is 6.06. The number of aromatic nitrogens is 4. The summed E-state index contributed by atoms with van der Waals surface area (Å²) >= 11 is 0. The van der Waals surface area contributed by atoms with Gasteiger partial charge in [0.25, 0.3) is 0 Å². The summed E-state index contributed by atoms with van der Waals surface area (Å²) in [6.07, 6.45) is 3.02. The van der Waals surface area contributed by atoms with Gasteiger partial charge in [-0.1, -0.05) is 60.7 Å². The second kappa shape index (κ2) is 5.92. The topological polar surface area (TPSA) is 60.7 Å². The van der Waals surface area contributed by atoms with Crippen molar-refractivity contribution in [3.63, 3.8) is 0 Å². The number of hydrogen-bond acceptors (Lipinski definition) is 4. The van der Waals surface area contributed by atoms with Gasteiger partial charge in [0.05, 0.1) is 0 Å². The minimum absolute atomic E-state index is 0.0925. The first-order valence-electron chi connectivity index (χ1n) is 6.45. The highest BCUT2D eigenvalue weighted by atomic mass is 16.1. The second-order valence-corrected chi connectivity index (χ2v) is 4.36. The van der Waals surface area contributed by atoms with E-state index in [1.807, 2.05) is 48.5 Å². The van der Waals surface area contributed by atoms with Gasteiger partial charge in [-0.3, -0.25) is 4.79 Å². The highest BCUT2D eigenvalue weighted by Crippen LogP contribution is 2.14. The molecule has 0 aliphatic carbocycles. The number of carbonyl (C=O) groups is 1. The molecular formula is C16H12N4O. The van der Waals surface area contributed by atoms with E-state index in [0.717, 1.165) is 5.56 Å². The predicted octanol–water partition coefficient (Wildman–Crippen LogP) is 2.69. The van der Waals surface area contributed by atoms with Gasteiger partial charge in [0.1, 0.15) is 0 Å². The molecule has 1 heterocycles. The smallest absolute Gasteiger partial charge is 0.187 e. The average Bonchev–Trinajstić information content (AvgIpc) is 3.03. The normalized spacial score (nSPS) is 10.9. The lowest BCUT2D eigenvalue weighted by atomic mass is 10.1. The van der Waals surface area contributed by atoms with Gasteiger partial charge >= 0.3 is 0 Å². The molecule has 0 spiro atoms. The molecule has 0 amide bonds. The van der Waals surface area contributed by atoms with Crippen LogP contribution in [0.2, 0.25) is 0 Å². The Morgan fingerprint density at radius 1 is 0.952 bits per heavy atom. The van der Waals surface area contributed by atoms with Crippen LogP contribution in [0, 0.1) is 0 Å². The van der Waals surface area contributed by atoms with Gasteiger partial charge in [-0.2, -0.15) is 4.68 Å². The molecule has 0 fully saturated rings. The molecule has 3 rings (SSSR count). The second-order valence-electron chi connectivity index (χ2n) is 4.36. The number of ketones is 1. The molecule has 0 atom stereocenters. The van der Waals surface area contributed by atoms with Crippen molar-refractivity contribution in [2.75, 3.05) is 0 Å². The van der Waals surface area contributed by atoms with Crippen LogP contribution in [0.1, 0.15) is 10.4 Å². The van der Waals surface area contributed by atoms with Crippen molar-refractivity contribution in [3.05, 3.63) is 72.3 Å². The van der Waals surface area contributed by atoms with Crippen LogP contribution < -0.4 is 0 Å². The number of hydrogen-bond donors (Lipinski definition) is 0. The summed E-state index contributed by atoms with van der Waals surface area (Å²) in [5, 5.41) is 11.5. The van der Waals surface area contributed by atoms with Crippen molar-refractivity contribution in [1.29, 1.82) is 0 Å². The Kier molecular flexibility index (Phi) is 3.64. The number of tetrazole rings is 1. The highest BCUT2D eigenvalue weighted by Gasteiger charge is 2.06. The first kappa shape index (κ1) is 12.9. The summed E-state index contributed by atoms with van der Waals surface area (Å²) in [6.45, 7) is 0. The molecule has 21 heavy (non-hydrogen) atoms. The van der Waals surface area contributed by atoms with E-state index in [-0.39, 0.29) is 5.78 Å². The fourth-order valence-electron chi connectivity index (χ4n) is 1.91. The lowest BCUT2D eigenvalue weighted by Crippen LogP contribution is -1.97. The zero-order valence-electron chi connectivity index (χ0n) is 11.1. The first-order chi connectivity index (χ1) is 10.3. The largest absolute Gasteiger partial charge is 0.289 e. The van der Waals surface area contributed by atoms with Crippen LogP contribution >= 0.6 is 0 Å². The van der Waals surface area contributed by atoms with Crippen molar-refractivity contribution >= 4 is 12.0 Å². The quantitative estimate of drug-likeness (QED) is 0.543. The molecule has 0 unspecified atom stereocenters. The molecule has 1 aromatic heterocycles. The Balaban J connectivity index is 1.85. The fourth-order valence-corrected chi connectivity index (χ4v) is 1.91. The molecule has 0 radical (unpaired) electrons. The molecule has 0 saturated carbocycles. The minimum atomic E-state index is -0.0925. The van der Waals surface area contributed by atoms with Crippen LogP contribution in [0.3, 0.4) is 0 Å². The Labute approximate surface area is 121 Å². The lowest BCUT2D eigenvalue weighted by Gasteiger charge is -1.99. The maximum Gasteiger partial charge on any atom is 0.187 e. The SMILES string of the molecule is O=C(/C=C\n1nnnc1-c1ccccc1)c1ccccc1. The molecule has 0 N–H and O–H groups in total. The molecule has 0 saturated heterocycles. The summed E-state index contributed by atoms with van der Waals surface area (Å²) in [5.41, 5.74) is 1.52. The van der Waals surface area contributed by atoms with E-state index < -0.39 is 0 Å². The Bertz CT molecular complexity index is 763. The number of carbonyl (C=O) groups excluding carboxylic acids is 1. The molecule has 0 aliphatic rings. The molecule has 2 aromatic carbocycles. The van der Waals surface area contributed by atoms with Gasteiger partial charge < -0.3 is 0 Å². The van der Waals surface area contributed by atoms with Crippen LogP contribution in [0.4, 0.5) is 0 Å². The number of rotatable bonds is 4.